The van der Waals surface area contributed by atoms with Crippen molar-refractivity contribution in [3.05, 3.63) is 71.5 Å². The molecular formula is C21H24N4O2S. The number of ether oxygens (including phenoxy) is 1. The van der Waals surface area contributed by atoms with Gasteiger partial charge in [0.2, 0.25) is 5.16 Å². The van der Waals surface area contributed by atoms with E-state index in [0.29, 0.717) is 29.1 Å². The first-order valence-electron chi connectivity index (χ1n) is 9.16. The Morgan fingerprint density at radius 3 is 2.50 bits per heavy atom. The van der Waals surface area contributed by atoms with Crippen molar-refractivity contribution in [2.45, 2.75) is 31.7 Å². The zero-order chi connectivity index (χ0) is 19.9. The number of benzene rings is 2. The molecule has 28 heavy (non-hydrogen) atoms. The predicted octanol–water partition coefficient (Wildman–Crippen LogP) is 4.30. The van der Waals surface area contributed by atoms with Crippen molar-refractivity contribution in [3.63, 3.8) is 0 Å². The molecule has 0 spiro atoms. The van der Waals surface area contributed by atoms with Crippen molar-refractivity contribution in [1.82, 2.24) is 14.9 Å². The van der Waals surface area contributed by atoms with Crippen LogP contribution in [0.2, 0.25) is 0 Å². The van der Waals surface area contributed by atoms with Gasteiger partial charge in [-0.3, -0.25) is 10.2 Å². The van der Waals surface area contributed by atoms with Crippen LogP contribution in [-0.4, -0.2) is 27.4 Å². The summed E-state index contributed by atoms with van der Waals surface area (Å²) in [6.07, 6.45) is 0. The summed E-state index contributed by atoms with van der Waals surface area (Å²) in [5.74, 6) is 2.36. The molecule has 0 aliphatic rings. The van der Waals surface area contributed by atoms with Gasteiger partial charge in [0.05, 0.1) is 6.61 Å². The summed E-state index contributed by atoms with van der Waals surface area (Å²) in [7, 11) is 0. The van der Waals surface area contributed by atoms with E-state index in [1.807, 2.05) is 25.1 Å². The van der Waals surface area contributed by atoms with Gasteiger partial charge in [-0.15, -0.1) is 10.2 Å². The summed E-state index contributed by atoms with van der Waals surface area (Å²) in [6.45, 7) is 6.64. The van der Waals surface area contributed by atoms with Gasteiger partial charge < -0.3 is 4.74 Å². The number of hydrogen-bond acceptors (Lipinski definition) is 5. The summed E-state index contributed by atoms with van der Waals surface area (Å²) >= 11 is 1.52. The van der Waals surface area contributed by atoms with Crippen molar-refractivity contribution < 1.29 is 9.53 Å². The van der Waals surface area contributed by atoms with Crippen LogP contribution in [0.15, 0.2) is 59.8 Å². The van der Waals surface area contributed by atoms with E-state index in [0.717, 1.165) is 11.5 Å². The molecule has 0 fully saturated rings. The van der Waals surface area contributed by atoms with Crippen LogP contribution in [0.4, 0.5) is 0 Å². The van der Waals surface area contributed by atoms with Crippen LogP contribution in [0.1, 0.15) is 35.6 Å². The molecule has 1 aromatic heterocycles. The monoisotopic (exact) mass is 396 g/mol. The number of aryl methyl sites for hydroxylation is 1. The van der Waals surface area contributed by atoms with Gasteiger partial charge in [-0.05, 0) is 42.7 Å². The van der Waals surface area contributed by atoms with E-state index in [1.165, 1.54) is 17.3 Å². The Balaban J connectivity index is 1.64. The zero-order valence-corrected chi connectivity index (χ0v) is 17.1. The van der Waals surface area contributed by atoms with E-state index in [9.17, 15) is 4.79 Å². The highest BCUT2D eigenvalue weighted by Crippen LogP contribution is 2.21. The third-order valence-electron chi connectivity index (χ3n) is 3.92. The van der Waals surface area contributed by atoms with Gasteiger partial charge in [-0.2, -0.15) is 0 Å². The molecule has 1 heterocycles. The van der Waals surface area contributed by atoms with Gasteiger partial charge in [0, 0.05) is 11.3 Å². The average molecular weight is 397 g/mol. The molecule has 0 aliphatic carbocycles. The summed E-state index contributed by atoms with van der Waals surface area (Å²) in [4.78, 5) is 12.6. The van der Waals surface area contributed by atoms with Crippen LogP contribution in [-0.2, 0) is 5.75 Å². The minimum absolute atomic E-state index is 0.222. The fraction of sp³-hybridized carbons (Fsp3) is 0.286. The predicted molar refractivity (Wildman–Crippen MR) is 111 cm³/mol. The molecule has 2 aromatic carbocycles. The maximum absolute atomic E-state index is 12.6. The lowest BCUT2D eigenvalue weighted by Crippen LogP contribution is -2.24. The second kappa shape index (κ2) is 9.41. The summed E-state index contributed by atoms with van der Waals surface area (Å²) in [5, 5.41) is 8.91. The van der Waals surface area contributed by atoms with Gasteiger partial charge in [0.15, 0.2) is 0 Å². The maximum Gasteiger partial charge on any atom is 0.270 e. The van der Waals surface area contributed by atoms with E-state index < -0.39 is 0 Å². The minimum atomic E-state index is -0.222. The molecule has 6 nitrogen and oxygen atoms in total. The van der Waals surface area contributed by atoms with Gasteiger partial charge >= 0.3 is 0 Å². The number of thioether (sulfide) groups is 1. The highest BCUT2D eigenvalue weighted by atomic mass is 32.2. The third kappa shape index (κ3) is 5.36. The largest absolute Gasteiger partial charge is 0.493 e. The van der Waals surface area contributed by atoms with Gasteiger partial charge in [-0.1, -0.05) is 55.9 Å². The van der Waals surface area contributed by atoms with Crippen LogP contribution in [0, 0.1) is 12.8 Å². The quantitative estimate of drug-likeness (QED) is 0.575. The van der Waals surface area contributed by atoms with Crippen molar-refractivity contribution in [3.8, 4) is 5.75 Å². The Labute approximate surface area is 169 Å². The van der Waals surface area contributed by atoms with E-state index in [-0.39, 0.29) is 5.91 Å². The molecule has 0 saturated heterocycles. The molecule has 146 valence electrons. The third-order valence-corrected chi connectivity index (χ3v) is 4.92. The average Bonchev–Trinajstić information content (AvgIpc) is 3.05. The van der Waals surface area contributed by atoms with Crippen LogP contribution in [0.3, 0.4) is 0 Å². The lowest BCUT2D eigenvalue weighted by molar-refractivity contribution is 0.100. The summed E-state index contributed by atoms with van der Waals surface area (Å²) in [5.41, 5.74) is 4.60. The van der Waals surface area contributed by atoms with Crippen LogP contribution >= 0.6 is 11.8 Å². The second-order valence-corrected chi connectivity index (χ2v) is 7.75. The molecule has 0 atom stereocenters. The number of carbonyl (C=O) groups is 1. The summed E-state index contributed by atoms with van der Waals surface area (Å²) < 4.78 is 7.28. The Kier molecular flexibility index (Phi) is 6.71. The Hall–Kier alpha value is -2.80. The smallest absolute Gasteiger partial charge is 0.270 e. The Morgan fingerprint density at radius 1 is 1.11 bits per heavy atom. The van der Waals surface area contributed by atoms with E-state index in [2.05, 4.69) is 41.6 Å². The van der Waals surface area contributed by atoms with Gasteiger partial charge in [-0.25, -0.2) is 4.68 Å². The molecule has 3 rings (SSSR count). The van der Waals surface area contributed by atoms with Crippen molar-refractivity contribution in [2.75, 3.05) is 12.0 Å². The number of hydrogen-bond donors (Lipinski definition) is 1. The van der Waals surface area contributed by atoms with Crippen LogP contribution < -0.4 is 10.2 Å². The van der Waals surface area contributed by atoms with Crippen molar-refractivity contribution >= 4 is 17.7 Å². The van der Waals surface area contributed by atoms with Crippen molar-refractivity contribution in [2.24, 2.45) is 5.92 Å². The number of nitrogens with one attached hydrogen (secondary N) is 1. The molecule has 0 saturated carbocycles. The Morgan fingerprint density at radius 2 is 1.82 bits per heavy atom. The fourth-order valence-corrected chi connectivity index (χ4v) is 3.31. The SMILES string of the molecule is Cc1nnc(SCc2ccccc2)n1NC(=O)c1ccc(OCC(C)C)cc1. The molecule has 1 amide bonds. The van der Waals surface area contributed by atoms with Gasteiger partial charge in [0.1, 0.15) is 11.6 Å². The molecule has 0 unspecified atom stereocenters. The maximum atomic E-state index is 12.6. The van der Waals surface area contributed by atoms with Gasteiger partial charge in [0.25, 0.3) is 5.91 Å². The first kappa shape index (κ1) is 19.9. The first-order chi connectivity index (χ1) is 13.5. The van der Waals surface area contributed by atoms with E-state index in [4.69, 9.17) is 4.74 Å². The lowest BCUT2D eigenvalue weighted by atomic mass is 10.2. The van der Waals surface area contributed by atoms with E-state index >= 15 is 0 Å². The summed E-state index contributed by atoms with van der Waals surface area (Å²) in [6, 6.07) is 17.2. The molecule has 3 aromatic rings. The fourth-order valence-electron chi connectivity index (χ4n) is 2.42. The van der Waals surface area contributed by atoms with Crippen molar-refractivity contribution in [1.29, 1.82) is 0 Å². The molecule has 0 bridgehead atoms. The van der Waals surface area contributed by atoms with Crippen LogP contribution in [0.5, 0.6) is 5.75 Å². The van der Waals surface area contributed by atoms with Crippen LogP contribution in [0.25, 0.3) is 0 Å². The highest BCUT2D eigenvalue weighted by Gasteiger charge is 2.14. The zero-order valence-electron chi connectivity index (χ0n) is 16.3. The normalized spacial score (nSPS) is 10.9. The topological polar surface area (TPSA) is 69.0 Å². The minimum Gasteiger partial charge on any atom is -0.493 e. The number of rotatable bonds is 8. The lowest BCUT2D eigenvalue weighted by Gasteiger charge is -2.11. The standard InChI is InChI=1S/C21H24N4O2S/c1-15(2)13-27-19-11-9-18(10-12-19)20(26)24-25-16(3)22-23-21(25)28-14-17-7-5-4-6-8-17/h4-12,15H,13-14H2,1-3H3,(H,24,26). The number of amides is 1. The number of carbonyl (C=O) groups excluding carboxylic acids is 1. The van der Waals surface area contributed by atoms with E-state index in [1.54, 1.807) is 28.9 Å². The Bertz CT molecular complexity index is 908. The molecule has 1 N–H and O–H groups in total. The first-order valence-corrected chi connectivity index (χ1v) is 10.1. The molecular weight excluding hydrogens is 372 g/mol. The highest BCUT2D eigenvalue weighted by molar-refractivity contribution is 7.98. The molecule has 0 aliphatic heterocycles. The molecule has 0 radical (unpaired) electrons. The number of nitrogens with zero attached hydrogens (tertiary/aromatic N) is 3. The second-order valence-electron chi connectivity index (χ2n) is 6.81. The molecule has 7 heteroatoms. The number of aromatic nitrogens is 3.